The minimum Gasteiger partial charge on any atom is -0.344 e. The van der Waals surface area contributed by atoms with Gasteiger partial charge in [-0.1, -0.05) is 11.6 Å². The average Bonchev–Trinajstić information content (AvgIpc) is 3.55. The molecular weight excluding hydrogens is 480 g/mol. The van der Waals surface area contributed by atoms with Crippen LogP contribution in [0.3, 0.4) is 0 Å². The van der Waals surface area contributed by atoms with Crippen LogP contribution in [0.5, 0.6) is 0 Å². The Balaban J connectivity index is 1.30. The number of aromatic amines is 1. The number of carbonyl (C=O) groups is 2. The van der Waals surface area contributed by atoms with Gasteiger partial charge in [0.05, 0.1) is 17.3 Å². The number of carbonyl (C=O) groups excluding carboxylic acids is 2. The minimum absolute atomic E-state index is 0.0267. The summed E-state index contributed by atoms with van der Waals surface area (Å²) >= 11 is 6.23. The van der Waals surface area contributed by atoms with Gasteiger partial charge < -0.3 is 20.9 Å². The average molecular weight is 507 g/mol. The quantitative estimate of drug-likeness (QED) is 0.381. The zero-order valence-corrected chi connectivity index (χ0v) is 20.6. The number of nitrogens with two attached hydrogens (primary N) is 1. The van der Waals surface area contributed by atoms with Crippen molar-refractivity contribution in [1.29, 1.82) is 0 Å². The molecule has 186 valence electrons. The smallest absolute Gasteiger partial charge is 0.255 e. The summed E-state index contributed by atoms with van der Waals surface area (Å²) in [6, 6.07) is 5.15. The molecule has 1 aliphatic carbocycles. The van der Waals surface area contributed by atoms with Crippen LogP contribution in [0.15, 0.2) is 30.6 Å². The van der Waals surface area contributed by atoms with Gasteiger partial charge in [-0.15, -0.1) is 0 Å². The minimum atomic E-state index is -0.546. The first-order chi connectivity index (χ1) is 17.4. The van der Waals surface area contributed by atoms with Crippen LogP contribution in [-0.4, -0.2) is 66.6 Å². The highest BCUT2D eigenvalue weighted by atomic mass is 35.5. The number of nitrogens with one attached hydrogen (secondary N) is 2. The fraction of sp³-hybridized carbons (Fsp3) is 0.400. The van der Waals surface area contributed by atoms with Gasteiger partial charge in [-0.25, -0.2) is 9.97 Å². The predicted octanol–water partition coefficient (Wildman–Crippen LogP) is 2.62. The number of aryl methyl sites for hydroxylation is 1. The van der Waals surface area contributed by atoms with Crippen molar-refractivity contribution in [3.05, 3.63) is 41.2 Å². The summed E-state index contributed by atoms with van der Waals surface area (Å²) in [4.78, 5) is 40.7. The molecule has 36 heavy (non-hydrogen) atoms. The molecule has 1 aliphatic heterocycles. The van der Waals surface area contributed by atoms with Gasteiger partial charge >= 0.3 is 0 Å². The number of aromatic nitrogens is 5. The van der Waals surface area contributed by atoms with Crippen molar-refractivity contribution in [2.45, 2.75) is 37.8 Å². The molecule has 4 aromatic rings. The Labute approximate surface area is 212 Å². The fourth-order valence-electron chi connectivity index (χ4n) is 4.95. The number of halogens is 1. The molecule has 1 saturated carbocycles. The van der Waals surface area contributed by atoms with Crippen molar-refractivity contribution >= 4 is 45.5 Å². The van der Waals surface area contributed by atoms with Crippen molar-refractivity contribution in [3.8, 4) is 11.4 Å². The highest BCUT2D eigenvalue weighted by Gasteiger charge is 2.40. The Hall–Kier alpha value is -3.50. The summed E-state index contributed by atoms with van der Waals surface area (Å²) in [7, 11) is 1.85. The first-order valence-corrected chi connectivity index (χ1v) is 12.6. The number of rotatable bonds is 5. The van der Waals surface area contributed by atoms with E-state index in [1.165, 1.54) is 0 Å². The Morgan fingerprint density at radius 1 is 1.22 bits per heavy atom. The molecule has 2 aliphatic rings. The van der Waals surface area contributed by atoms with E-state index in [9.17, 15) is 9.59 Å². The standard InChI is InChI=1S/C25H27ClN8O2/c1-33-19-5-4-14(26)10-16(19)21(32-33)18-12-29-23-22(30-18)17(11-28-23)24(35)31-20(13-2-3-13)25(36)34-8-6-15(27)7-9-34/h4-5,10-13,15,20H,2-3,6-9,27H2,1H3,(H,28,29)(H,31,35)/t20-/m1/s1. The van der Waals surface area contributed by atoms with Crippen LogP contribution in [0.1, 0.15) is 36.0 Å². The lowest BCUT2D eigenvalue weighted by Gasteiger charge is -2.33. The van der Waals surface area contributed by atoms with E-state index in [2.05, 4.69) is 20.4 Å². The van der Waals surface area contributed by atoms with Crippen molar-refractivity contribution in [1.82, 2.24) is 34.9 Å². The molecule has 0 unspecified atom stereocenters. The van der Waals surface area contributed by atoms with E-state index in [1.807, 2.05) is 30.1 Å². The summed E-state index contributed by atoms with van der Waals surface area (Å²) in [5.74, 6) is -0.213. The van der Waals surface area contributed by atoms with E-state index in [1.54, 1.807) is 17.1 Å². The lowest BCUT2D eigenvalue weighted by Crippen LogP contribution is -2.53. The number of nitrogens with zero attached hydrogens (tertiary/aromatic N) is 5. The SMILES string of the molecule is Cn1nc(-c2cnc3[nH]cc(C(=O)N[C@@H](C(=O)N4CCC(N)CC4)C4CC4)c3n2)c2cc(Cl)ccc21. The summed E-state index contributed by atoms with van der Waals surface area (Å²) in [5, 5.41) is 9.05. The van der Waals surface area contributed by atoms with E-state index in [-0.39, 0.29) is 23.8 Å². The van der Waals surface area contributed by atoms with Gasteiger partial charge in [-0.3, -0.25) is 14.3 Å². The van der Waals surface area contributed by atoms with Crippen LogP contribution in [0, 0.1) is 5.92 Å². The molecule has 3 aromatic heterocycles. The second kappa shape index (κ2) is 8.86. The monoisotopic (exact) mass is 506 g/mol. The molecule has 2 amide bonds. The number of likely N-dealkylation sites (tertiary alicyclic amines) is 1. The summed E-state index contributed by atoms with van der Waals surface area (Å²) in [6.07, 6.45) is 6.64. The molecular formula is C25H27ClN8O2. The Kier molecular flexibility index (Phi) is 5.65. The summed E-state index contributed by atoms with van der Waals surface area (Å²) < 4.78 is 1.76. The van der Waals surface area contributed by atoms with E-state index < -0.39 is 6.04 Å². The maximum atomic E-state index is 13.4. The van der Waals surface area contributed by atoms with Crippen LogP contribution in [-0.2, 0) is 11.8 Å². The molecule has 1 aromatic carbocycles. The third-order valence-electron chi connectivity index (χ3n) is 7.18. The van der Waals surface area contributed by atoms with Crippen LogP contribution >= 0.6 is 11.6 Å². The fourth-order valence-corrected chi connectivity index (χ4v) is 5.12. The number of hydrogen-bond donors (Lipinski definition) is 3. The van der Waals surface area contributed by atoms with Crippen molar-refractivity contribution in [3.63, 3.8) is 0 Å². The maximum Gasteiger partial charge on any atom is 0.255 e. The second-order valence-electron chi connectivity index (χ2n) is 9.74. The van der Waals surface area contributed by atoms with Crippen molar-refractivity contribution in [2.75, 3.05) is 13.1 Å². The molecule has 0 bridgehead atoms. The summed E-state index contributed by atoms with van der Waals surface area (Å²) in [6.45, 7) is 1.26. The lowest BCUT2D eigenvalue weighted by atomic mass is 10.0. The normalized spacial score (nSPS) is 17.6. The van der Waals surface area contributed by atoms with Gasteiger partial charge in [0.2, 0.25) is 5.91 Å². The first-order valence-electron chi connectivity index (χ1n) is 12.2. The summed E-state index contributed by atoms with van der Waals surface area (Å²) in [5.41, 5.74) is 9.33. The molecule has 6 rings (SSSR count). The van der Waals surface area contributed by atoms with Crippen molar-refractivity contribution in [2.24, 2.45) is 18.7 Å². The molecule has 2 fully saturated rings. The number of H-pyrrole nitrogens is 1. The van der Waals surface area contributed by atoms with Gasteiger partial charge in [0, 0.05) is 42.8 Å². The van der Waals surface area contributed by atoms with E-state index in [0.29, 0.717) is 46.2 Å². The number of fused-ring (bicyclic) bond motifs is 2. The topological polar surface area (TPSA) is 135 Å². The molecule has 11 heteroatoms. The van der Waals surface area contributed by atoms with Gasteiger partial charge in [-0.2, -0.15) is 5.10 Å². The van der Waals surface area contributed by atoms with E-state index in [0.717, 1.165) is 36.6 Å². The molecule has 4 heterocycles. The van der Waals surface area contributed by atoms with Crippen LogP contribution in [0.25, 0.3) is 33.5 Å². The lowest BCUT2D eigenvalue weighted by molar-refractivity contribution is -0.134. The van der Waals surface area contributed by atoms with Crippen LogP contribution in [0.2, 0.25) is 5.02 Å². The first kappa shape index (κ1) is 22.9. The Morgan fingerprint density at radius 2 is 2.00 bits per heavy atom. The van der Waals surface area contributed by atoms with E-state index in [4.69, 9.17) is 22.3 Å². The molecule has 1 saturated heterocycles. The number of hydrogen-bond acceptors (Lipinski definition) is 6. The zero-order valence-electron chi connectivity index (χ0n) is 19.9. The largest absolute Gasteiger partial charge is 0.344 e. The molecule has 4 N–H and O–H groups in total. The second-order valence-corrected chi connectivity index (χ2v) is 10.2. The zero-order chi connectivity index (χ0) is 25.0. The highest BCUT2D eigenvalue weighted by molar-refractivity contribution is 6.31. The van der Waals surface area contributed by atoms with Crippen LogP contribution in [0.4, 0.5) is 0 Å². The third-order valence-corrected chi connectivity index (χ3v) is 7.41. The molecule has 1 atom stereocenters. The molecule has 10 nitrogen and oxygen atoms in total. The van der Waals surface area contributed by atoms with Crippen molar-refractivity contribution < 1.29 is 9.59 Å². The number of benzene rings is 1. The Morgan fingerprint density at radius 3 is 2.75 bits per heavy atom. The Bertz CT molecular complexity index is 1480. The number of amides is 2. The van der Waals surface area contributed by atoms with E-state index >= 15 is 0 Å². The predicted molar refractivity (Wildman–Crippen MR) is 136 cm³/mol. The van der Waals surface area contributed by atoms with Gasteiger partial charge in [0.25, 0.3) is 5.91 Å². The third kappa shape index (κ3) is 4.10. The highest BCUT2D eigenvalue weighted by Crippen LogP contribution is 2.34. The van der Waals surface area contributed by atoms with Gasteiger partial charge in [-0.05, 0) is 49.8 Å². The van der Waals surface area contributed by atoms with Gasteiger partial charge in [0.15, 0.2) is 5.65 Å². The molecule has 0 radical (unpaired) electrons. The van der Waals surface area contributed by atoms with Crippen LogP contribution < -0.4 is 11.1 Å². The number of piperidine rings is 1. The molecule has 0 spiro atoms. The van der Waals surface area contributed by atoms with Gasteiger partial charge in [0.1, 0.15) is 22.9 Å². The maximum absolute atomic E-state index is 13.4.